The lowest BCUT2D eigenvalue weighted by Gasteiger charge is -2.33. The van der Waals surface area contributed by atoms with Crippen LogP contribution in [-0.4, -0.2) is 60.9 Å². The van der Waals surface area contributed by atoms with E-state index in [0.717, 1.165) is 71.2 Å². The van der Waals surface area contributed by atoms with Crippen LogP contribution in [0.15, 0.2) is 30.3 Å². The van der Waals surface area contributed by atoms with Crippen LogP contribution in [0.3, 0.4) is 0 Å². The van der Waals surface area contributed by atoms with E-state index in [9.17, 15) is 9.59 Å². The van der Waals surface area contributed by atoms with Gasteiger partial charge in [-0.25, -0.2) is 0 Å². The van der Waals surface area contributed by atoms with Gasteiger partial charge in [0.05, 0.1) is 6.54 Å². The average molecular weight is 386 g/mol. The molecule has 0 spiro atoms. The van der Waals surface area contributed by atoms with Crippen molar-refractivity contribution in [3.05, 3.63) is 35.9 Å². The lowest BCUT2D eigenvalue weighted by atomic mass is 9.95. The number of aryl methyl sites for hydroxylation is 1. The molecule has 1 aromatic rings. The van der Waals surface area contributed by atoms with Crippen molar-refractivity contribution >= 4 is 11.8 Å². The van der Waals surface area contributed by atoms with Gasteiger partial charge in [0, 0.05) is 25.6 Å². The largest absolute Gasteiger partial charge is 0.355 e. The minimum Gasteiger partial charge on any atom is -0.355 e. The molecule has 5 heteroatoms. The molecule has 0 atom stereocenters. The SMILES string of the molecule is O=C(CN1CCC(C(=O)N2CCCCCC2)CC1)NCCCc1ccccc1. The molecule has 1 N–H and O–H groups in total. The molecule has 0 saturated carbocycles. The van der Waals surface area contributed by atoms with Crippen molar-refractivity contribution < 1.29 is 9.59 Å². The second kappa shape index (κ2) is 11.2. The second-order valence-corrected chi connectivity index (χ2v) is 8.23. The number of hydrogen-bond donors (Lipinski definition) is 1. The van der Waals surface area contributed by atoms with Gasteiger partial charge in [-0.1, -0.05) is 43.2 Å². The predicted molar refractivity (Wildman–Crippen MR) is 112 cm³/mol. The molecular weight excluding hydrogens is 350 g/mol. The minimum atomic E-state index is 0.102. The highest BCUT2D eigenvalue weighted by Crippen LogP contribution is 2.21. The summed E-state index contributed by atoms with van der Waals surface area (Å²) in [6.07, 6.45) is 8.52. The topological polar surface area (TPSA) is 52.7 Å². The summed E-state index contributed by atoms with van der Waals surface area (Å²) in [5.41, 5.74) is 1.31. The fourth-order valence-corrected chi connectivity index (χ4v) is 4.31. The first-order chi connectivity index (χ1) is 13.7. The van der Waals surface area contributed by atoms with E-state index in [1.165, 1.54) is 18.4 Å². The summed E-state index contributed by atoms with van der Waals surface area (Å²) < 4.78 is 0. The molecule has 2 aliphatic heterocycles. The van der Waals surface area contributed by atoms with Gasteiger partial charge in [-0.3, -0.25) is 14.5 Å². The third kappa shape index (κ3) is 6.62. The Bertz CT molecular complexity index is 604. The van der Waals surface area contributed by atoms with Crippen LogP contribution in [0.4, 0.5) is 0 Å². The second-order valence-electron chi connectivity index (χ2n) is 8.23. The zero-order chi connectivity index (χ0) is 19.6. The summed E-state index contributed by atoms with van der Waals surface area (Å²) in [4.78, 5) is 29.2. The molecule has 0 bridgehead atoms. The number of amides is 2. The highest BCUT2D eigenvalue weighted by Gasteiger charge is 2.29. The van der Waals surface area contributed by atoms with E-state index in [2.05, 4.69) is 39.4 Å². The van der Waals surface area contributed by atoms with Gasteiger partial charge in [0.15, 0.2) is 0 Å². The summed E-state index contributed by atoms with van der Waals surface area (Å²) in [5, 5.41) is 3.04. The molecule has 0 aromatic heterocycles. The van der Waals surface area contributed by atoms with Crippen molar-refractivity contribution in [1.29, 1.82) is 0 Å². The maximum Gasteiger partial charge on any atom is 0.234 e. The van der Waals surface area contributed by atoms with Crippen molar-refractivity contribution in [2.45, 2.75) is 51.4 Å². The monoisotopic (exact) mass is 385 g/mol. The summed E-state index contributed by atoms with van der Waals surface area (Å²) in [6, 6.07) is 10.4. The average Bonchev–Trinajstić information content (AvgIpc) is 3.02. The van der Waals surface area contributed by atoms with Crippen molar-refractivity contribution in [1.82, 2.24) is 15.1 Å². The van der Waals surface area contributed by atoms with Gasteiger partial charge in [0.1, 0.15) is 0 Å². The van der Waals surface area contributed by atoms with E-state index < -0.39 is 0 Å². The Balaban J connectivity index is 1.30. The summed E-state index contributed by atoms with van der Waals surface area (Å²) in [5.74, 6) is 0.612. The van der Waals surface area contributed by atoms with Gasteiger partial charge in [-0.2, -0.15) is 0 Å². The molecule has 0 aliphatic carbocycles. The maximum atomic E-state index is 12.8. The summed E-state index contributed by atoms with van der Waals surface area (Å²) in [6.45, 7) is 4.74. The minimum absolute atomic E-state index is 0.102. The predicted octanol–water partition coefficient (Wildman–Crippen LogP) is 2.85. The van der Waals surface area contributed by atoms with E-state index >= 15 is 0 Å². The molecule has 0 unspecified atom stereocenters. The zero-order valence-electron chi connectivity index (χ0n) is 17.1. The molecule has 1 aromatic carbocycles. The fraction of sp³-hybridized carbons (Fsp3) is 0.652. The first kappa shape index (κ1) is 20.8. The number of hydrogen-bond acceptors (Lipinski definition) is 3. The Kier molecular flexibility index (Phi) is 8.34. The van der Waals surface area contributed by atoms with E-state index in [0.29, 0.717) is 12.5 Å². The standard InChI is InChI=1S/C23H35N3O2/c27-22(24-14-8-11-20-9-4-3-5-10-20)19-25-17-12-21(13-18-25)23(28)26-15-6-1-2-7-16-26/h3-5,9-10,21H,1-2,6-8,11-19H2,(H,24,27). The quantitative estimate of drug-likeness (QED) is 0.735. The number of carbonyl (C=O) groups is 2. The Morgan fingerprint density at radius 2 is 1.61 bits per heavy atom. The lowest BCUT2D eigenvalue weighted by Crippen LogP contribution is -2.45. The van der Waals surface area contributed by atoms with Crippen LogP contribution >= 0.6 is 0 Å². The molecule has 5 nitrogen and oxygen atoms in total. The summed E-state index contributed by atoms with van der Waals surface area (Å²) in [7, 11) is 0. The van der Waals surface area contributed by atoms with Gasteiger partial charge >= 0.3 is 0 Å². The number of nitrogens with one attached hydrogen (secondary N) is 1. The van der Waals surface area contributed by atoms with Crippen LogP contribution in [0, 0.1) is 5.92 Å². The Labute approximate surface area is 169 Å². The number of likely N-dealkylation sites (tertiary alicyclic amines) is 2. The molecule has 3 rings (SSSR count). The summed E-state index contributed by atoms with van der Waals surface area (Å²) >= 11 is 0. The van der Waals surface area contributed by atoms with Crippen molar-refractivity contribution in [3.63, 3.8) is 0 Å². The smallest absolute Gasteiger partial charge is 0.234 e. The molecule has 2 fully saturated rings. The van der Waals surface area contributed by atoms with Crippen molar-refractivity contribution in [2.24, 2.45) is 5.92 Å². The normalized spacial score (nSPS) is 19.2. The van der Waals surface area contributed by atoms with Crippen molar-refractivity contribution in [3.8, 4) is 0 Å². The molecule has 2 saturated heterocycles. The lowest BCUT2D eigenvalue weighted by molar-refractivity contribution is -0.137. The van der Waals surface area contributed by atoms with Gasteiger partial charge in [-0.05, 0) is 57.2 Å². The number of rotatable bonds is 7. The van der Waals surface area contributed by atoms with Crippen LogP contribution in [0.25, 0.3) is 0 Å². The molecule has 2 heterocycles. The molecule has 28 heavy (non-hydrogen) atoms. The molecule has 0 radical (unpaired) electrons. The first-order valence-electron chi connectivity index (χ1n) is 11.0. The van der Waals surface area contributed by atoms with Gasteiger partial charge in [0.2, 0.25) is 11.8 Å². The van der Waals surface area contributed by atoms with E-state index in [4.69, 9.17) is 0 Å². The highest BCUT2D eigenvalue weighted by molar-refractivity contribution is 5.79. The van der Waals surface area contributed by atoms with Crippen molar-refractivity contribution in [2.75, 3.05) is 39.3 Å². The first-order valence-corrected chi connectivity index (χ1v) is 11.0. The van der Waals surface area contributed by atoms with Gasteiger partial charge in [0.25, 0.3) is 0 Å². The molecule has 154 valence electrons. The maximum absolute atomic E-state index is 12.8. The van der Waals surface area contributed by atoms with E-state index in [-0.39, 0.29) is 11.8 Å². The number of carbonyl (C=O) groups excluding carboxylic acids is 2. The fourth-order valence-electron chi connectivity index (χ4n) is 4.31. The number of nitrogens with zero attached hydrogens (tertiary/aromatic N) is 2. The Morgan fingerprint density at radius 1 is 0.929 bits per heavy atom. The van der Waals surface area contributed by atoms with Gasteiger partial charge < -0.3 is 10.2 Å². The van der Waals surface area contributed by atoms with E-state index in [1.54, 1.807) is 0 Å². The van der Waals surface area contributed by atoms with Gasteiger partial charge in [-0.15, -0.1) is 0 Å². The highest BCUT2D eigenvalue weighted by atomic mass is 16.2. The Hall–Kier alpha value is -1.88. The molecule has 2 aliphatic rings. The number of piperidine rings is 1. The van der Waals surface area contributed by atoms with E-state index in [1.807, 2.05) is 6.07 Å². The zero-order valence-corrected chi connectivity index (χ0v) is 17.1. The van der Waals surface area contributed by atoms with Crippen LogP contribution in [0.1, 0.15) is 50.5 Å². The third-order valence-corrected chi connectivity index (χ3v) is 6.03. The molecular formula is C23H35N3O2. The van der Waals surface area contributed by atoms with Crippen LogP contribution in [0.2, 0.25) is 0 Å². The Morgan fingerprint density at radius 3 is 2.29 bits per heavy atom. The van der Waals surface area contributed by atoms with Crippen LogP contribution < -0.4 is 5.32 Å². The molecule has 2 amide bonds. The van der Waals surface area contributed by atoms with Crippen LogP contribution in [0.5, 0.6) is 0 Å². The van der Waals surface area contributed by atoms with Crippen LogP contribution in [-0.2, 0) is 16.0 Å². The number of benzene rings is 1. The third-order valence-electron chi connectivity index (χ3n) is 6.03.